The minimum Gasteiger partial charge on any atom is -0.309 e. The number of hydrogen-bond acceptors (Lipinski definition) is 4. The van der Waals surface area contributed by atoms with Gasteiger partial charge in [0.25, 0.3) is 0 Å². The largest absolute Gasteiger partial charge is 0.309 e. The summed E-state index contributed by atoms with van der Waals surface area (Å²) in [6.45, 7) is 5.31. The third-order valence-electron chi connectivity index (χ3n) is 2.65. The van der Waals surface area contributed by atoms with E-state index in [-0.39, 0.29) is 0 Å². The lowest BCUT2D eigenvalue weighted by molar-refractivity contribution is 0.539. The summed E-state index contributed by atoms with van der Waals surface area (Å²) in [7, 11) is 0. The van der Waals surface area contributed by atoms with Crippen LogP contribution in [-0.4, -0.2) is 11.5 Å². The molecule has 0 spiro atoms. The van der Waals surface area contributed by atoms with E-state index in [1.807, 2.05) is 17.5 Å². The first-order valence-corrected chi connectivity index (χ1v) is 8.56. The van der Waals surface area contributed by atoms with Crippen LogP contribution in [-0.2, 0) is 6.42 Å². The predicted molar refractivity (Wildman–Crippen MR) is 83.6 cm³/mol. The molecule has 0 saturated heterocycles. The van der Waals surface area contributed by atoms with Crippen molar-refractivity contribution in [2.24, 2.45) is 0 Å². The molecule has 98 valence electrons. The first-order chi connectivity index (χ1) is 8.69. The van der Waals surface area contributed by atoms with Crippen LogP contribution in [0.5, 0.6) is 0 Å². The van der Waals surface area contributed by atoms with E-state index in [2.05, 4.69) is 51.5 Å². The van der Waals surface area contributed by atoms with Gasteiger partial charge in [-0.05, 0) is 41.9 Å². The van der Waals surface area contributed by atoms with Gasteiger partial charge < -0.3 is 5.32 Å². The monoisotopic (exact) mass is 344 g/mol. The highest BCUT2D eigenvalue weighted by Crippen LogP contribution is 2.28. The average molecular weight is 345 g/mol. The number of halogens is 1. The number of hydrogen-bond donors (Lipinski definition) is 1. The van der Waals surface area contributed by atoms with Crippen molar-refractivity contribution in [1.82, 2.24) is 10.3 Å². The van der Waals surface area contributed by atoms with Crippen LogP contribution in [0.1, 0.15) is 34.1 Å². The molecule has 1 atom stereocenters. The minimum absolute atomic E-state index is 0.390. The van der Waals surface area contributed by atoms with Gasteiger partial charge in [-0.25, -0.2) is 4.98 Å². The predicted octanol–water partition coefficient (Wildman–Crippen LogP) is 4.56. The third-order valence-corrected chi connectivity index (χ3v) is 5.40. The topological polar surface area (TPSA) is 24.9 Å². The summed E-state index contributed by atoms with van der Waals surface area (Å²) in [5, 5.41) is 6.90. The molecule has 0 aromatic carbocycles. The van der Waals surface area contributed by atoms with Gasteiger partial charge in [0.2, 0.25) is 0 Å². The maximum atomic E-state index is 4.37. The van der Waals surface area contributed by atoms with E-state index in [9.17, 15) is 0 Å². The number of nitrogens with one attached hydrogen (secondary N) is 1. The van der Waals surface area contributed by atoms with Crippen LogP contribution >= 0.6 is 38.6 Å². The highest BCUT2D eigenvalue weighted by atomic mass is 79.9. The van der Waals surface area contributed by atoms with Crippen LogP contribution in [0.4, 0.5) is 0 Å². The molecule has 0 saturated carbocycles. The molecular weight excluding hydrogens is 328 g/mol. The molecule has 0 aliphatic carbocycles. The summed E-state index contributed by atoms with van der Waals surface area (Å²) < 4.78 is 1.18. The first kappa shape index (κ1) is 14.2. The molecule has 0 amide bonds. The Bertz CT molecular complexity index is 493. The normalized spacial score (nSPS) is 12.8. The van der Waals surface area contributed by atoms with Crippen molar-refractivity contribution in [2.45, 2.75) is 32.7 Å². The van der Waals surface area contributed by atoms with E-state index in [0.717, 1.165) is 24.4 Å². The van der Waals surface area contributed by atoms with Crippen molar-refractivity contribution >= 4 is 38.6 Å². The van der Waals surface area contributed by atoms with E-state index >= 15 is 0 Å². The number of aromatic nitrogens is 1. The van der Waals surface area contributed by atoms with E-state index in [1.165, 1.54) is 14.2 Å². The number of aryl methyl sites for hydroxylation is 1. The van der Waals surface area contributed by atoms with Crippen molar-refractivity contribution in [3.05, 3.63) is 36.9 Å². The number of rotatable bonds is 6. The van der Waals surface area contributed by atoms with Crippen molar-refractivity contribution < 1.29 is 0 Å². The standard InChI is InChI=1S/C13H17BrN2S2/c1-3-4-15-12(13-7-16-9(2)18-13)6-11-5-10(14)8-17-11/h5,7-8,12,15H,3-4,6H2,1-2H3. The van der Waals surface area contributed by atoms with Gasteiger partial charge in [-0.3, -0.25) is 0 Å². The van der Waals surface area contributed by atoms with Crippen LogP contribution in [0, 0.1) is 6.92 Å². The molecule has 2 aromatic rings. The quantitative estimate of drug-likeness (QED) is 0.830. The van der Waals surface area contributed by atoms with Crippen molar-refractivity contribution in [3.8, 4) is 0 Å². The molecule has 18 heavy (non-hydrogen) atoms. The van der Waals surface area contributed by atoms with Gasteiger partial charge in [0, 0.05) is 38.3 Å². The van der Waals surface area contributed by atoms with Gasteiger partial charge in [0.15, 0.2) is 0 Å². The smallest absolute Gasteiger partial charge is 0.0897 e. The second kappa shape index (κ2) is 6.80. The Morgan fingerprint density at radius 3 is 2.89 bits per heavy atom. The second-order valence-corrected chi connectivity index (χ2v) is 7.40. The van der Waals surface area contributed by atoms with E-state index in [1.54, 1.807) is 11.3 Å². The van der Waals surface area contributed by atoms with E-state index < -0.39 is 0 Å². The van der Waals surface area contributed by atoms with Gasteiger partial charge >= 0.3 is 0 Å². The fourth-order valence-corrected chi connectivity index (χ4v) is 4.15. The van der Waals surface area contributed by atoms with Gasteiger partial charge in [-0.1, -0.05) is 6.92 Å². The summed E-state index contributed by atoms with van der Waals surface area (Å²) >= 11 is 7.12. The molecule has 5 heteroatoms. The zero-order chi connectivity index (χ0) is 13.0. The maximum Gasteiger partial charge on any atom is 0.0897 e. The molecule has 1 unspecified atom stereocenters. The van der Waals surface area contributed by atoms with Crippen LogP contribution in [0.15, 0.2) is 22.1 Å². The molecule has 2 heterocycles. The zero-order valence-corrected chi connectivity index (χ0v) is 13.8. The lowest BCUT2D eigenvalue weighted by Gasteiger charge is -2.15. The molecular formula is C13H17BrN2S2. The van der Waals surface area contributed by atoms with E-state index in [0.29, 0.717) is 6.04 Å². The number of thiophene rings is 1. The van der Waals surface area contributed by atoms with Gasteiger partial charge in [-0.15, -0.1) is 22.7 Å². The minimum atomic E-state index is 0.390. The summed E-state index contributed by atoms with van der Waals surface area (Å²) in [5.41, 5.74) is 0. The lowest BCUT2D eigenvalue weighted by atomic mass is 10.1. The number of nitrogens with zero attached hydrogens (tertiary/aromatic N) is 1. The Morgan fingerprint density at radius 2 is 2.33 bits per heavy atom. The summed E-state index contributed by atoms with van der Waals surface area (Å²) in [6, 6.07) is 2.60. The average Bonchev–Trinajstić information content (AvgIpc) is 2.93. The van der Waals surface area contributed by atoms with Crippen molar-refractivity contribution in [3.63, 3.8) is 0 Å². The van der Waals surface area contributed by atoms with Gasteiger partial charge in [-0.2, -0.15) is 0 Å². The highest BCUT2D eigenvalue weighted by Gasteiger charge is 2.15. The third kappa shape index (κ3) is 3.88. The second-order valence-electron chi connectivity index (χ2n) is 4.22. The van der Waals surface area contributed by atoms with Gasteiger partial charge in [0.1, 0.15) is 0 Å². The molecule has 1 N–H and O–H groups in total. The van der Waals surface area contributed by atoms with E-state index in [4.69, 9.17) is 0 Å². The first-order valence-electron chi connectivity index (χ1n) is 6.07. The Kier molecular flexibility index (Phi) is 5.36. The molecule has 2 aromatic heterocycles. The molecule has 0 fully saturated rings. The molecule has 0 bridgehead atoms. The molecule has 0 aliphatic rings. The summed E-state index contributed by atoms with van der Waals surface area (Å²) in [4.78, 5) is 7.11. The SMILES string of the molecule is CCCNC(Cc1cc(Br)cs1)c1cnc(C)s1. The Morgan fingerprint density at radius 1 is 1.50 bits per heavy atom. The van der Waals surface area contributed by atoms with Crippen LogP contribution in [0.2, 0.25) is 0 Å². The van der Waals surface area contributed by atoms with Gasteiger partial charge in [0.05, 0.1) is 5.01 Å². The molecule has 2 rings (SSSR count). The molecule has 0 aliphatic heterocycles. The fraction of sp³-hybridized carbons (Fsp3) is 0.462. The Labute approximate surface area is 125 Å². The zero-order valence-electron chi connectivity index (χ0n) is 10.6. The van der Waals surface area contributed by atoms with Crippen LogP contribution in [0.25, 0.3) is 0 Å². The summed E-state index contributed by atoms with van der Waals surface area (Å²) in [5.74, 6) is 0. The highest BCUT2D eigenvalue weighted by molar-refractivity contribution is 9.10. The molecule has 0 radical (unpaired) electrons. The fourth-order valence-electron chi connectivity index (χ4n) is 1.79. The Balaban J connectivity index is 2.09. The lowest BCUT2D eigenvalue weighted by Crippen LogP contribution is -2.23. The summed E-state index contributed by atoms with van der Waals surface area (Å²) in [6.07, 6.45) is 4.20. The van der Waals surface area contributed by atoms with Crippen molar-refractivity contribution in [1.29, 1.82) is 0 Å². The maximum absolute atomic E-state index is 4.37. The van der Waals surface area contributed by atoms with Crippen LogP contribution in [0.3, 0.4) is 0 Å². The Hall–Kier alpha value is -0.230. The molecule has 2 nitrogen and oxygen atoms in total. The number of thiazole rings is 1. The van der Waals surface area contributed by atoms with Crippen LogP contribution < -0.4 is 5.32 Å². The van der Waals surface area contributed by atoms with Crippen molar-refractivity contribution in [2.75, 3.05) is 6.54 Å².